The second kappa shape index (κ2) is 6.83. The number of nitrogens with one attached hydrogen (secondary N) is 1. The van der Waals surface area contributed by atoms with Crippen molar-refractivity contribution in [1.82, 2.24) is 4.90 Å². The second-order valence-electron chi connectivity index (χ2n) is 5.39. The minimum atomic E-state index is -0.597. The summed E-state index contributed by atoms with van der Waals surface area (Å²) >= 11 is 0. The largest absolute Gasteiger partial charge is 0.395 e. The number of aliphatic hydroxyl groups is 2. The molecule has 1 aromatic rings. The van der Waals surface area contributed by atoms with Crippen LogP contribution in [0.5, 0.6) is 0 Å². The molecular weight excluding hydrogens is 256 g/mol. The number of carbonyl (C=O) groups excluding carboxylic acids is 1. The maximum absolute atomic E-state index is 11.6. The van der Waals surface area contributed by atoms with Gasteiger partial charge in [-0.3, -0.25) is 4.79 Å². The molecule has 1 aliphatic rings. The van der Waals surface area contributed by atoms with Crippen LogP contribution in [0.15, 0.2) is 24.3 Å². The third-order valence-corrected chi connectivity index (χ3v) is 3.48. The van der Waals surface area contributed by atoms with Gasteiger partial charge in [0.2, 0.25) is 5.91 Å². The van der Waals surface area contributed by atoms with Gasteiger partial charge in [0.25, 0.3) is 0 Å². The highest BCUT2D eigenvalue weighted by Crippen LogP contribution is 2.30. The third kappa shape index (κ3) is 4.30. The van der Waals surface area contributed by atoms with Crippen molar-refractivity contribution in [3.8, 4) is 0 Å². The quantitative estimate of drug-likeness (QED) is 0.695. The van der Waals surface area contributed by atoms with Gasteiger partial charge in [-0.05, 0) is 37.6 Å². The number of hydrogen-bond donors (Lipinski definition) is 3. The molecular formula is C15H22N2O3. The zero-order chi connectivity index (χ0) is 14.5. The maximum Gasteiger partial charge on any atom is 0.227 e. The molecule has 0 bridgehead atoms. The van der Waals surface area contributed by atoms with Crippen LogP contribution in [0.4, 0.5) is 5.69 Å². The van der Waals surface area contributed by atoms with Gasteiger partial charge in [-0.15, -0.1) is 0 Å². The van der Waals surface area contributed by atoms with Crippen LogP contribution in [0.1, 0.15) is 24.5 Å². The number of likely N-dealkylation sites (N-methyl/N-ethyl adjacent to an activating group) is 1. The zero-order valence-electron chi connectivity index (χ0n) is 11.7. The first-order valence-corrected chi connectivity index (χ1v) is 6.98. The Morgan fingerprint density at radius 2 is 2.05 bits per heavy atom. The molecule has 5 heteroatoms. The van der Waals surface area contributed by atoms with Gasteiger partial charge in [0.05, 0.1) is 12.7 Å². The van der Waals surface area contributed by atoms with Gasteiger partial charge in [0, 0.05) is 24.7 Å². The SMILES string of the molecule is CN(CCO)CC(O)c1ccc(NC(=O)C2CC2)cc1. The van der Waals surface area contributed by atoms with Crippen molar-refractivity contribution in [1.29, 1.82) is 0 Å². The van der Waals surface area contributed by atoms with E-state index in [0.717, 1.165) is 24.1 Å². The topological polar surface area (TPSA) is 72.8 Å². The number of rotatable bonds is 7. The summed E-state index contributed by atoms with van der Waals surface area (Å²) < 4.78 is 0. The van der Waals surface area contributed by atoms with E-state index in [2.05, 4.69) is 5.32 Å². The first kappa shape index (κ1) is 15.0. The number of carbonyl (C=O) groups is 1. The summed E-state index contributed by atoms with van der Waals surface area (Å²) in [6.45, 7) is 1.08. The Labute approximate surface area is 119 Å². The molecule has 1 amide bonds. The van der Waals surface area contributed by atoms with Crippen molar-refractivity contribution in [2.24, 2.45) is 5.92 Å². The number of hydrogen-bond acceptors (Lipinski definition) is 4. The lowest BCUT2D eigenvalue weighted by Gasteiger charge is -2.20. The van der Waals surface area contributed by atoms with Gasteiger partial charge >= 0.3 is 0 Å². The van der Waals surface area contributed by atoms with Gasteiger partial charge < -0.3 is 20.4 Å². The smallest absolute Gasteiger partial charge is 0.227 e. The van der Waals surface area contributed by atoms with Gasteiger partial charge in [0.15, 0.2) is 0 Å². The predicted molar refractivity (Wildman–Crippen MR) is 77.3 cm³/mol. The molecule has 0 heterocycles. The van der Waals surface area contributed by atoms with E-state index in [9.17, 15) is 9.90 Å². The first-order valence-electron chi connectivity index (χ1n) is 6.98. The molecule has 20 heavy (non-hydrogen) atoms. The summed E-state index contributed by atoms with van der Waals surface area (Å²) in [6.07, 6.45) is 1.37. The van der Waals surface area contributed by atoms with Crippen molar-refractivity contribution in [2.75, 3.05) is 32.1 Å². The summed E-state index contributed by atoms with van der Waals surface area (Å²) in [5.74, 6) is 0.272. The third-order valence-electron chi connectivity index (χ3n) is 3.48. The average molecular weight is 278 g/mol. The van der Waals surface area contributed by atoms with Crippen molar-refractivity contribution >= 4 is 11.6 Å². The van der Waals surface area contributed by atoms with Gasteiger partial charge in [-0.1, -0.05) is 12.1 Å². The van der Waals surface area contributed by atoms with E-state index >= 15 is 0 Å². The van der Waals surface area contributed by atoms with Gasteiger partial charge in [-0.2, -0.15) is 0 Å². The summed E-state index contributed by atoms with van der Waals surface area (Å²) in [5.41, 5.74) is 1.57. The van der Waals surface area contributed by atoms with Crippen molar-refractivity contribution in [3.63, 3.8) is 0 Å². The van der Waals surface area contributed by atoms with E-state index in [1.165, 1.54) is 0 Å². The van der Waals surface area contributed by atoms with E-state index in [1.807, 2.05) is 36.2 Å². The van der Waals surface area contributed by atoms with Gasteiger partial charge in [-0.25, -0.2) is 0 Å². The number of nitrogens with zero attached hydrogens (tertiary/aromatic N) is 1. The molecule has 1 aliphatic carbocycles. The maximum atomic E-state index is 11.6. The van der Waals surface area contributed by atoms with Crippen LogP contribution < -0.4 is 5.32 Å². The second-order valence-corrected chi connectivity index (χ2v) is 5.39. The van der Waals surface area contributed by atoms with Crippen LogP contribution in [0.2, 0.25) is 0 Å². The normalized spacial score (nSPS) is 16.2. The number of anilines is 1. The molecule has 0 aromatic heterocycles. The van der Waals surface area contributed by atoms with Crippen LogP contribution in [0.25, 0.3) is 0 Å². The Morgan fingerprint density at radius 1 is 1.40 bits per heavy atom. The van der Waals surface area contributed by atoms with Crippen LogP contribution in [0.3, 0.4) is 0 Å². The van der Waals surface area contributed by atoms with Crippen LogP contribution >= 0.6 is 0 Å². The standard InChI is InChI=1S/C15H22N2O3/c1-17(8-9-18)10-14(19)11-4-6-13(7-5-11)16-15(20)12-2-3-12/h4-7,12,14,18-19H,2-3,8-10H2,1H3,(H,16,20). The van der Waals surface area contributed by atoms with Crippen LogP contribution in [-0.2, 0) is 4.79 Å². The lowest BCUT2D eigenvalue weighted by Crippen LogP contribution is -2.27. The fourth-order valence-electron chi connectivity index (χ4n) is 2.04. The molecule has 1 fully saturated rings. The number of amides is 1. The monoisotopic (exact) mass is 278 g/mol. The van der Waals surface area contributed by atoms with Gasteiger partial charge in [0.1, 0.15) is 0 Å². The Hall–Kier alpha value is -1.43. The average Bonchev–Trinajstić information content (AvgIpc) is 3.24. The molecule has 0 aliphatic heterocycles. The highest BCUT2D eigenvalue weighted by atomic mass is 16.3. The highest BCUT2D eigenvalue weighted by molar-refractivity contribution is 5.93. The molecule has 5 nitrogen and oxygen atoms in total. The number of aliphatic hydroxyl groups excluding tert-OH is 2. The molecule has 1 saturated carbocycles. The van der Waals surface area contributed by atoms with Crippen molar-refractivity contribution < 1.29 is 15.0 Å². The summed E-state index contributed by atoms with van der Waals surface area (Å²) in [6, 6.07) is 7.26. The lowest BCUT2D eigenvalue weighted by atomic mass is 10.1. The Morgan fingerprint density at radius 3 is 2.60 bits per heavy atom. The Balaban J connectivity index is 1.88. The Kier molecular flexibility index (Phi) is 5.11. The van der Waals surface area contributed by atoms with E-state index in [1.54, 1.807) is 0 Å². The van der Waals surface area contributed by atoms with Crippen molar-refractivity contribution in [2.45, 2.75) is 18.9 Å². The van der Waals surface area contributed by atoms with E-state index in [4.69, 9.17) is 5.11 Å². The molecule has 110 valence electrons. The molecule has 3 N–H and O–H groups in total. The molecule has 1 aromatic carbocycles. The lowest BCUT2D eigenvalue weighted by molar-refractivity contribution is -0.117. The molecule has 0 spiro atoms. The van der Waals surface area contributed by atoms with Crippen molar-refractivity contribution in [3.05, 3.63) is 29.8 Å². The summed E-state index contributed by atoms with van der Waals surface area (Å²) in [4.78, 5) is 13.5. The molecule has 0 saturated heterocycles. The predicted octanol–water partition coefficient (Wildman–Crippen LogP) is 0.993. The van der Waals surface area contributed by atoms with E-state index < -0.39 is 6.10 Å². The number of benzene rings is 1. The molecule has 1 unspecified atom stereocenters. The minimum absolute atomic E-state index is 0.0787. The molecule has 2 rings (SSSR count). The molecule has 0 radical (unpaired) electrons. The summed E-state index contributed by atoms with van der Waals surface area (Å²) in [5, 5.41) is 21.8. The minimum Gasteiger partial charge on any atom is -0.395 e. The summed E-state index contributed by atoms with van der Waals surface area (Å²) in [7, 11) is 1.85. The van der Waals surface area contributed by atoms with E-state index in [-0.39, 0.29) is 18.4 Å². The van der Waals surface area contributed by atoms with E-state index in [0.29, 0.717) is 13.1 Å². The zero-order valence-corrected chi connectivity index (χ0v) is 11.7. The fraction of sp³-hybridized carbons (Fsp3) is 0.533. The van der Waals surface area contributed by atoms with Crippen LogP contribution in [0, 0.1) is 5.92 Å². The highest BCUT2D eigenvalue weighted by Gasteiger charge is 2.29. The first-order chi connectivity index (χ1) is 9.60. The fourth-order valence-corrected chi connectivity index (χ4v) is 2.04. The Bertz CT molecular complexity index is 443. The molecule has 1 atom stereocenters. The van der Waals surface area contributed by atoms with Crippen LogP contribution in [-0.4, -0.2) is 47.8 Å².